The monoisotopic (exact) mass is 177 g/mol. The highest BCUT2D eigenvalue weighted by molar-refractivity contribution is 5.84. The first-order valence-corrected chi connectivity index (χ1v) is 3.36. The average Bonchev–Trinajstić information content (AvgIpc) is 2.05. The Morgan fingerprint density at radius 2 is 1.85 bits per heavy atom. The molecule has 0 aliphatic heterocycles. The van der Waals surface area contributed by atoms with Crippen molar-refractivity contribution >= 4 is 5.97 Å². The second-order valence-corrected chi connectivity index (χ2v) is 2.12. The summed E-state index contributed by atoms with van der Waals surface area (Å²) in [5.41, 5.74) is 5.53. The van der Waals surface area contributed by atoms with Crippen molar-refractivity contribution in [3.8, 4) is 6.07 Å². The van der Waals surface area contributed by atoms with Gasteiger partial charge in [-0.3, -0.25) is 0 Å². The van der Waals surface area contributed by atoms with E-state index in [-0.39, 0.29) is 5.57 Å². The minimum absolute atomic E-state index is 0.176. The summed E-state index contributed by atoms with van der Waals surface area (Å²) >= 11 is 0. The van der Waals surface area contributed by atoms with Crippen molar-refractivity contribution in [1.82, 2.24) is 0 Å². The lowest BCUT2D eigenvalue weighted by atomic mass is 10.4. The van der Waals surface area contributed by atoms with Crippen molar-refractivity contribution in [3.05, 3.63) is 35.8 Å². The Bertz CT molecular complexity index is 309. The zero-order valence-corrected chi connectivity index (χ0v) is 7.72. The molecule has 0 fully saturated rings. The summed E-state index contributed by atoms with van der Waals surface area (Å²) in [7, 11) is 0. The van der Waals surface area contributed by atoms with Crippen LogP contribution in [0.3, 0.4) is 0 Å². The van der Waals surface area contributed by atoms with E-state index >= 15 is 0 Å². The van der Waals surface area contributed by atoms with E-state index < -0.39 is 5.97 Å². The molecule has 0 saturated heterocycles. The maximum Gasteiger partial charge on any atom is 0.330 e. The number of hydrogen-bond donors (Lipinski definition) is 1. The fourth-order valence-electron chi connectivity index (χ4n) is 0.161. The molecule has 0 atom stereocenters. The van der Waals surface area contributed by atoms with E-state index in [1.165, 1.54) is 6.92 Å². The molecule has 0 bridgehead atoms. The van der Waals surface area contributed by atoms with Crippen LogP contribution in [0.5, 0.6) is 0 Å². The number of carboxylic acids is 1. The minimum Gasteiger partial charge on any atom is -0.478 e. The number of allylic oxidation sites excluding steroid dienone is 1. The van der Waals surface area contributed by atoms with Crippen LogP contribution in [0.1, 0.15) is 13.8 Å². The maximum atomic E-state index is 9.60. The van der Waals surface area contributed by atoms with Gasteiger partial charge < -0.3 is 5.11 Å². The molecule has 0 aromatic rings. The van der Waals surface area contributed by atoms with Gasteiger partial charge in [0, 0.05) is 5.57 Å². The number of hydrogen-bond acceptors (Lipinski definition) is 2. The molecule has 13 heavy (non-hydrogen) atoms. The standard InChI is InChI=1S/C6H5N.C4H6O2/c1-3-4-6(2)5-7;1-3(2)4(5)6/h1H2,2H3;1H2,2H3,(H,5,6). The largest absolute Gasteiger partial charge is 0.478 e. The van der Waals surface area contributed by atoms with Crippen LogP contribution < -0.4 is 0 Å². The Morgan fingerprint density at radius 1 is 1.46 bits per heavy atom. The summed E-state index contributed by atoms with van der Waals surface area (Å²) < 4.78 is 0. The Balaban J connectivity index is 0. The number of nitriles is 1. The van der Waals surface area contributed by atoms with E-state index in [2.05, 4.69) is 24.6 Å². The van der Waals surface area contributed by atoms with Gasteiger partial charge in [0.15, 0.2) is 0 Å². The summed E-state index contributed by atoms with van der Waals surface area (Å²) in [4.78, 5) is 9.60. The molecule has 0 saturated carbocycles. The predicted molar refractivity (Wildman–Crippen MR) is 49.9 cm³/mol. The third-order valence-electron chi connectivity index (χ3n) is 0.809. The van der Waals surface area contributed by atoms with Crippen molar-refractivity contribution in [2.75, 3.05) is 0 Å². The molecule has 0 aromatic carbocycles. The SMILES string of the molecule is C=C(C)C(=O)O.C=C=C=C(C)C#N. The minimum atomic E-state index is -0.935. The van der Waals surface area contributed by atoms with Crippen molar-refractivity contribution in [2.24, 2.45) is 0 Å². The van der Waals surface area contributed by atoms with Crippen LogP contribution in [0.2, 0.25) is 0 Å². The van der Waals surface area contributed by atoms with Crippen LogP contribution in [0, 0.1) is 11.3 Å². The van der Waals surface area contributed by atoms with E-state index in [9.17, 15) is 4.79 Å². The van der Waals surface area contributed by atoms with Crippen molar-refractivity contribution < 1.29 is 9.90 Å². The van der Waals surface area contributed by atoms with Gasteiger partial charge in [0.1, 0.15) is 6.07 Å². The molecule has 0 rings (SSSR count). The summed E-state index contributed by atoms with van der Waals surface area (Å²) in [6, 6.07) is 1.87. The first kappa shape index (κ1) is 13.6. The topological polar surface area (TPSA) is 61.1 Å². The molecular weight excluding hydrogens is 166 g/mol. The number of aliphatic carboxylic acids is 1. The fraction of sp³-hybridized carbons (Fsp3) is 0.200. The summed E-state index contributed by atoms with van der Waals surface area (Å²) in [5.74, 6) is -0.935. The quantitative estimate of drug-likeness (QED) is 0.378. The molecular formula is C10H11NO2. The Hall–Kier alpha value is -2.00. The highest BCUT2D eigenvalue weighted by Crippen LogP contribution is 1.81. The smallest absolute Gasteiger partial charge is 0.330 e. The second kappa shape index (κ2) is 8.10. The lowest BCUT2D eigenvalue weighted by Gasteiger charge is -1.79. The van der Waals surface area contributed by atoms with Gasteiger partial charge in [-0.2, -0.15) is 5.26 Å². The lowest BCUT2D eigenvalue weighted by Crippen LogP contribution is -1.92. The highest BCUT2D eigenvalue weighted by atomic mass is 16.4. The molecule has 0 radical (unpaired) electrons. The second-order valence-electron chi connectivity index (χ2n) is 2.12. The zero-order valence-electron chi connectivity index (χ0n) is 7.72. The van der Waals surface area contributed by atoms with Gasteiger partial charge in [0.05, 0.1) is 5.57 Å². The van der Waals surface area contributed by atoms with Gasteiger partial charge in [-0.05, 0) is 20.4 Å². The van der Waals surface area contributed by atoms with Gasteiger partial charge in [0.25, 0.3) is 0 Å². The molecule has 0 unspecified atom stereocenters. The molecule has 0 heterocycles. The fourth-order valence-corrected chi connectivity index (χ4v) is 0.161. The van der Waals surface area contributed by atoms with E-state index in [1.807, 2.05) is 6.07 Å². The van der Waals surface area contributed by atoms with Crippen molar-refractivity contribution in [2.45, 2.75) is 13.8 Å². The number of rotatable bonds is 1. The average molecular weight is 177 g/mol. The molecule has 68 valence electrons. The van der Waals surface area contributed by atoms with E-state index in [1.54, 1.807) is 6.92 Å². The predicted octanol–water partition coefficient (Wildman–Crippen LogP) is 2.04. The zero-order chi connectivity index (χ0) is 10.9. The third-order valence-corrected chi connectivity index (χ3v) is 0.809. The first-order valence-electron chi connectivity index (χ1n) is 3.36. The van der Waals surface area contributed by atoms with Gasteiger partial charge in [-0.1, -0.05) is 18.0 Å². The third kappa shape index (κ3) is 13.1. The van der Waals surface area contributed by atoms with Gasteiger partial charge in [0.2, 0.25) is 0 Å². The number of carboxylic acid groups (broad SMARTS) is 1. The van der Waals surface area contributed by atoms with Gasteiger partial charge in [-0.25, -0.2) is 4.79 Å². The molecule has 0 aliphatic carbocycles. The Labute approximate surface area is 77.6 Å². The van der Waals surface area contributed by atoms with E-state index in [0.717, 1.165) is 0 Å². The van der Waals surface area contributed by atoms with Crippen LogP contribution in [-0.2, 0) is 4.79 Å². The first-order chi connectivity index (χ1) is 5.95. The molecule has 3 heteroatoms. The Kier molecular flexibility index (Phi) is 8.46. The van der Waals surface area contributed by atoms with Crippen molar-refractivity contribution in [3.63, 3.8) is 0 Å². The van der Waals surface area contributed by atoms with Crippen molar-refractivity contribution in [1.29, 1.82) is 5.26 Å². The lowest BCUT2D eigenvalue weighted by molar-refractivity contribution is -0.132. The molecule has 3 nitrogen and oxygen atoms in total. The summed E-state index contributed by atoms with van der Waals surface area (Å²) in [5, 5.41) is 15.9. The number of nitrogens with zero attached hydrogens (tertiary/aromatic N) is 1. The van der Waals surface area contributed by atoms with Crippen LogP contribution in [0.25, 0.3) is 0 Å². The Morgan fingerprint density at radius 3 is 1.92 bits per heavy atom. The molecule has 0 amide bonds. The van der Waals surface area contributed by atoms with Gasteiger partial charge >= 0.3 is 5.97 Å². The normalized spacial score (nSPS) is 6.23. The molecule has 1 N–H and O–H groups in total. The van der Waals surface area contributed by atoms with Crippen LogP contribution in [-0.4, -0.2) is 11.1 Å². The van der Waals surface area contributed by atoms with Gasteiger partial charge in [-0.15, -0.1) is 0 Å². The maximum absolute atomic E-state index is 9.60. The van der Waals surface area contributed by atoms with E-state index in [0.29, 0.717) is 5.57 Å². The summed E-state index contributed by atoms with van der Waals surface area (Å²) in [6.45, 7) is 9.49. The molecule has 0 aromatic heterocycles. The van der Waals surface area contributed by atoms with Crippen LogP contribution in [0.4, 0.5) is 0 Å². The summed E-state index contributed by atoms with van der Waals surface area (Å²) in [6.07, 6.45) is 0. The molecule has 0 aliphatic rings. The highest BCUT2D eigenvalue weighted by Gasteiger charge is 1.90. The number of carbonyl (C=O) groups is 1. The van der Waals surface area contributed by atoms with Crippen LogP contribution >= 0.6 is 0 Å². The van der Waals surface area contributed by atoms with E-state index in [4.69, 9.17) is 10.4 Å². The van der Waals surface area contributed by atoms with Crippen LogP contribution in [0.15, 0.2) is 35.8 Å². The molecule has 0 spiro atoms.